The second-order valence-electron chi connectivity index (χ2n) is 9.59. The molecule has 3 aromatic carbocycles. The summed E-state index contributed by atoms with van der Waals surface area (Å²) < 4.78 is 28.6. The second-order valence-corrected chi connectivity index (χ2v) is 11.9. The monoisotopic (exact) mass is 569 g/mol. The van der Waals surface area contributed by atoms with Gasteiger partial charge in [-0.1, -0.05) is 79.0 Å². The molecule has 7 nitrogen and oxygen atoms in total. The SMILES string of the molecule is CCCCNC(=O)C(C)N(Cc1ccc(C)cc1)C(=O)CN(c1ccc(C)c(Cl)c1)S(=O)(=O)c1ccccc1. The highest BCUT2D eigenvalue weighted by atomic mass is 35.5. The van der Waals surface area contributed by atoms with Gasteiger partial charge in [-0.3, -0.25) is 13.9 Å². The fraction of sp³-hybridized carbons (Fsp3) is 0.333. The third-order valence-electron chi connectivity index (χ3n) is 6.52. The number of anilines is 1. The van der Waals surface area contributed by atoms with Gasteiger partial charge in [-0.05, 0) is 62.6 Å². The van der Waals surface area contributed by atoms with Gasteiger partial charge in [0.15, 0.2) is 0 Å². The summed E-state index contributed by atoms with van der Waals surface area (Å²) in [7, 11) is -4.13. The fourth-order valence-electron chi connectivity index (χ4n) is 3.99. The Morgan fingerprint density at radius 2 is 1.64 bits per heavy atom. The Bertz CT molecular complexity index is 1380. The standard InChI is InChI=1S/C30H36ClN3O4S/c1-5-6-18-32-30(36)24(4)33(20-25-15-12-22(2)13-16-25)29(35)21-34(26-17-14-23(3)28(31)19-26)39(37,38)27-10-8-7-9-11-27/h7-17,19,24H,5-6,18,20-21H2,1-4H3,(H,32,36). The van der Waals surface area contributed by atoms with Gasteiger partial charge in [0.2, 0.25) is 11.8 Å². The molecule has 0 spiro atoms. The molecule has 0 saturated heterocycles. The maximum Gasteiger partial charge on any atom is 0.264 e. The van der Waals surface area contributed by atoms with Gasteiger partial charge in [0.1, 0.15) is 12.6 Å². The zero-order valence-electron chi connectivity index (χ0n) is 22.9. The largest absolute Gasteiger partial charge is 0.354 e. The van der Waals surface area contributed by atoms with E-state index in [9.17, 15) is 18.0 Å². The highest BCUT2D eigenvalue weighted by Gasteiger charge is 2.32. The molecule has 1 unspecified atom stereocenters. The molecule has 3 aromatic rings. The first kappa shape index (κ1) is 30.2. The molecule has 0 fully saturated rings. The van der Waals surface area contributed by atoms with Crippen molar-refractivity contribution in [2.45, 2.75) is 58.0 Å². The van der Waals surface area contributed by atoms with Gasteiger partial charge in [-0.25, -0.2) is 8.42 Å². The van der Waals surface area contributed by atoms with Crippen LogP contribution < -0.4 is 9.62 Å². The van der Waals surface area contributed by atoms with E-state index in [1.54, 1.807) is 37.3 Å². The molecule has 0 aliphatic rings. The average molecular weight is 570 g/mol. The van der Waals surface area contributed by atoms with Crippen molar-refractivity contribution < 1.29 is 18.0 Å². The van der Waals surface area contributed by atoms with E-state index in [1.807, 2.05) is 45.0 Å². The quantitative estimate of drug-likeness (QED) is 0.292. The van der Waals surface area contributed by atoms with Crippen LogP contribution in [0.4, 0.5) is 5.69 Å². The number of nitrogens with zero attached hydrogens (tertiary/aromatic N) is 2. The molecular formula is C30H36ClN3O4S. The van der Waals surface area contributed by atoms with E-state index in [1.165, 1.54) is 23.1 Å². The van der Waals surface area contributed by atoms with Gasteiger partial charge in [0.05, 0.1) is 10.6 Å². The molecule has 39 heavy (non-hydrogen) atoms. The van der Waals surface area contributed by atoms with E-state index in [4.69, 9.17) is 11.6 Å². The zero-order valence-corrected chi connectivity index (χ0v) is 24.4. The maximum absolute atomic E-state index is 13.9. The van der Waals surface area contributed by atoms with Gasteiger partial charge in [0.25, 0.3) is 10.0 Å². The summed E-state index contributed by atoms with van der Waals surface area (Å²) in [5, 5.41) is 3.27. The van der Waals surface area contributed by atoms with Crippen LogP contribution in [0.5, 0.6) is 0 Å². The van der Waals surface area contributed by atoms with Gasteiger partial charge in [0, 0.05) is 18.1 Å². The van der Waals surface area contributed by atoms with Crippen molar-refractivity contribution in [1.82, 2.24) is 10.2 Å². The number of hydrogen-bond donors (Lipinski definition) is 1. The maximum atomic E-state index is 13.9. The fourth-order valence-corrected chi connectivity index (χ4v) is 5.60. The molecular weight excluding hydrogens is 534 g/mol. The lowest BCUT2D eigenvalue weighted by atomic mass is 10.1. The van der Waals surface area contributed by atoms with Crippen molar-refractivity contribution >= 4 is 39.1 Å². The molecule has 9 heteroatoms. The van der Waals surface area contributed by atoms with Gasteiger partial charge in [-0.2, -0.15) is 0 Å². The second kappa shape index (κ2) is 13.6. The van der Waals surface area contributed by atoms with Crippen LogP contribution in [0.2, 0.25) is 5.02 Å². The molecule has 0 radical (unpaired) electrons. The Morgan fingerprint density at radius 1 is 0.974 bits per heavy atom. The summed E-state index contributed by atoms with van der Waals surface area (Å²) in [5.74, 6) is -0.801. The number of halogens is 1. The van der Waals surface area contributed by atoms with E-state index in [-0.39, 0.29) is 23.0 Å². The van der Waals surface area contributed by atoms with Crippen molar-refractivity contribution in [3.05, 3.63) is 94.5 Å². The van der Waals surface area contributed by atoms with Crippen LogP contribution in [-0.2, 0) is 26.2 Å². The van der Waals surface area contributed by atoms with Crippen LogP contribution >= 0.6 is 11.6 Å². The minimum atomic E-state index is -4.13. The number of hydrogen-bond acceptors (Lipinski definition) is 4. The number of unbranched alkanes of at least 4 members (excludes halogenated alkanes) is 1. The third-order valence-corrected chi connectivity index (χ3v) is 8.72. The molecule has 0 aliphatic heterocycles. The Hall–Kier alpha value is -3.36. The molecule has 0 heterocycles. The van der Waals surface area contributed by atoms with Crippen molar-refractivity contribution in [2.24, 2.45) is 0 Å². The topological polar surface area (TPSA) is 86.8 Å². The number of rotatable bonds is 12. The predicted octanol–water partition coefficient (Wildman–Crippen LogP) is 5.49. The van der Waals surface area contributed by atoms with Crippen molar-refractivity contribution in [1.29, 1.82) is 0 Å². The zero-order chi connectivity index (χ0) is 28.6. The normalized spacial score (nSPS) is 12.0. The smallest absolute Gasteiger partial charge is 0.264 e. The van der Waals surface area contributed by atoms with E-state index in [0.29, 0.717) is 11.6 Å². The number of amides is 2. The molecule has 0 bridgehead atoms. The molecule has 1 atom stereocenters. The summed E-state index contributed by atoms with van der Waals surface area (Å²) in [6, 6.07) is 19.7. The van der Waals surface area contributed by atoms with Crippen LogP contribution in [0.25, 0.3) is 0 Å². The lowest BCUT2D eigenvalue weighted by Crippen LogP contribution is -2.51. The summed E-state index contributed by atoms with van der Waals surface area (Å²) in [5.41, 5.74) is 2.94. The molecule has 0 aliphatic carbocycles. The molecule has 0 aromatic heterocycles. The van der Waals surface area contributed by atoms with Gasteiger partial charge < -0.3 is 10.2 Å². The van der Waals surface area contributed by atoms with Crippen LogP contribution in [0, 0.1) is 13.8 Å². The predicted molar refractivity (Wildman–Crippen MR) is 156 cm³/mol. The third kappa shape index (κ3) is 7.83. The first-order chi connectivity index (χ1) is 18.5. The highest BCUT2D eigenvalue weighted by Crippen LogP contribution is 2.28. The highest BCUT2D eigenvalue weighted by molar-refractivity contribution is 7.92. The lowest BCUT2D eigenvalue weighted by Gasteiger charge is -2.32. The first-order valence-electron chi connectivity index (χ1n) is 13.0. The van der Waals surface area contributed by atoms with Crippen molar-refractivity contribution in [3.63, 3.8) is 0 Å². The Kier molecular flexibility index (Phi) is 10.5. The van der Waals surface area contributed by atoms with E-state index in [2.05, 4.69) is 5.32 Å². The van der Waals surface area contributed by atoms with Crippen LogP contribution in [-0.4, -0.2) is 44.3 Å². The van der Waals surface area contributed by atoms with E-state index < -0.39 is 28.5 Å². The summed E-state index contributed by atoms with van der Waals surface area (Å²) >= 11 is 6.36. The molecule has 1 N–H and O–H groups in total. The Labute approximate surface area is 236 Å². The van der Waals surface area contributed by atoms with Crippen LogP contribution in [0.15, 0.2) is 77.7 Å². The molecule has 208 valence electrons. The lowest BCUT2D eigenvalue weighted by molar-refractivity contribution is -0.139. The summed E-state index contributed by atoms with van der Waals surface area (Å²) in [4.78, 5) is 28.4. The van der Waals surface area contributed by atoms with E-state index in [0.717, 1.165) is 33.8 Å². The molecule has 3 rings (SSSR count). The van der Waals surface area contributed by atoms with Gasteiger partial charge in [-0.15, -0.1) is 0 Å². The number of carbonyl (C=O) groups is 2. The summed E-state index contributed by atoms with van der Waals surface area (Å²) in [6.07, 6.45) is 1.74. The Morgan fingerprint density at radius 3 is 2.26 bits per heavy atom. The van der Waals surface area contributed by atoms with Crippen LogP contribution in [0.1, 0.15) is 43.4 Å². The molecule has 2 amide bonds. The number of nitrogens with one attached hydrogen (secondary N) is 1. The minimum Gasteiger partial charge on any atom is -0.354 e. The molecule has 0 saturated carbocycles. The van der Waals surface area contributed by atoms with Crippen molar-refractivity contribution in [3.8, 4) is 0 Å². The number of sulfonamides is 1. The van der Waals surface area contributed by atoms with Crippen LogP contribution in [0.3, 0.4) is 0 Å². The summed E-state index contributed by atoms with van der Waals surface area (Å²) in [6.45, 7) is 7.62. The number of carbonyl (C=O) groups excluding carboxylic acids is 2. The minimum absolute atomic E-state index is 0.0462. The first-order valence-corrected chi connectivity index (χ1v) is 14.8. The van der Waals surface area contributed by atoms with Gasteiger partial charge >= 0.3 is 0 Å². The number of benzene rings is 3. The number of aryl methyl sites for hydroxylation is 2. The Balaban J connectivity index is 2.00. The average Bonchev–Trinajstić information content (AvgIpc) is 2.93. The van der Waals surface area contributed by atoms with E-state index >= 15 is 0 Å². The van der Waals surface area contributed by atoms with Crippen molar-refractivity contribution in [2.75, 3.05) is 17.4 Å².